The van der Waals surface area contributed by atoms with E-state index in [2.05, 4.69) is 16.5 Å². The molecule has 0 saturated carbocycles. The smallest absolute Gasteiger partial charge is 0.240 e. The maximum Gasteiger partial charge on any atom is 0.240 e. The van der Waals surface area contributed by atoms with Crippen LogP contribution in [0.15, 0.2) is 17.0 Å². The molecule has 7 heteroatoms. The summed E-state index contributed by atoms with van der Waals surface area (Å²) in [6.45, 7) is 6.89. The van der Waals surface area contributed by atoms with Gasteiger partial charge in [0.2, 0.25) is 10.0 Å². The van der Waals surface area contributed by atoms with Gasteiger partial charge in [0.25, 0.3) is 0 Å². The quantitative estimate of drug-likeness (QED) is 0.804. The summed E-state index contributed by atoms with van der Waals surface area (Å²) >= 11 is 0. The SMILES string of the molecule is CCN1CCC(CNS(=O)(=O)c2cc(C)c(F)c(N)c2)C1. The third-order valence-corrected chi connectivity index (χ3v) is 5.35. The van der Waals surface area contributed by atoms with Gasteiger partial charge < -0.3 is 10.6 Å². The van der Waals surface area contributed by atoms with Crippen molar-refractivity contribution in [3.63, 3.8) is 0 Å². The molecule has 1 aliphatic rings. The first-order valence-electron chi connectivity index (χ1n) is 7.11. The fourth-order valence-electron chi connectivity index (χ4n) is 2.60. The van der Waals surface area contributed by atoms with Crippen molar-refractivity contribution in [3.8, 4) is 0 Å². The average molecular weight is 315 g/mol. The fraction of sp³-hybridized carbons (Fsp3) is 0.571. The number of rotatable bonds is 5. The Kier molecular flexibility index (Phi) is 4.85. The van der Waals surface area contributed by atoms with Crippen LogP contribution in [0.2, 0.25) is 0 Å². The van der Waals surface area contributed by atoms with E-state index in [0.717, 1.165) is 32.1 Å². The van der Waals surface area contributed by atoms with E-state index in [4.69, 9.17) is 5.73 Å². The summed E-state index contributed by atoms with van der Waals surface area (Å²) in [6.07, 6.45) is 0.987. The Balaban J connectivity index is 2.05. The lowest BCUT2D eigenvalue weighted by atomic mass is 10.1. The van der Waals surface area contributed by atoms with Crippen molar-refractivity contribution in [1.29, 1.82) is 0 Å². The summed E-state index contributed by atoms with van der Waals surface area (Å²) in [6, 6.07) is 2.47. The number of halogens is 1. The van der Waals surface area contributed by atoms with Gasteiger partial charge >= 0.3 is 0 Å². The lowest BCUT2D eigenvalue weighted by Crippen LogP contribution is -2.31. The molecule has 1 aromatic carbocycles. The molecule has 0 radical (unpaired) electrons. The van der Waals surface area contributed by atoms with Crippen LogP contribution in [0.1, 0.15) is 18.9 Å². The number of benzene rings is 1. The van der Waals surface area contributed by atoms with E-state index in [-0.39, 0.29) is 16.1 Å². The number of nitrogen functional groups attached to an aromatic ring is 1. The second-order valence-electron chi connectivity index (χ2n) is 5.54. The maximum absolute atomic E-state index is 13.5. The van der Waals surface area contributed by atoms with E-state index in [1.807, 2.05) is 0 Å². The molecule has 5 nitrogen and oxygen atoms in total. The number of hydrogen-bond acceptors (Lipinski definition) is 4. The number of sulfonamides is 1. The molecule has 1 atom stereocenters. The number of nitrogens with two attached hydrogens (primary N) is 1. The Morgan fingerprint density at radius 3 is 2.76 bits per heavy atom. The summed E-state index contributed by atoms with van der Waals surface area (Å²) in [5, 5.41) is 0. The average Bonchev–Trinajstić information content (AvgIpc) is 2.90. The third kappa shape index (κ3) is 3.72. The summed E-state index contributed by atoms with van der Waals surface area (Å²) in [4.78, 5) is 2.31. The summed E-state index contributed by atoms with van der Waals surface area (Å²) in [7, 11) is -3.65. The van der Waals surface area contributed by atoms with Crippen LogP contribution in [0.5, 0.6) is 0 Å². The van der Waals surface area contributed by atoms with Gasteiger partial charge in [0, 0.05) is 13.1 Å². The number of nitrogens with zero attached hydrogens (tertiary/aromatic N) is 1. The molecule has 1 fully saturated rings. The first kappa shape index (κ1) is 16.2. The number of hydrogen-bond donors (Lipinski definition) is 2. The van der Waals surface area contributed by atoms with Crippen LogP contribution in [0.25, 0.3) is 0 Å². The maximum atomic E-state index is 13.5. The van der Waals surface area contributed by atoms with Gasteiger partial charge in [-0.15, -0.1) is 0 Å². The molecule has 0 aliphatic carbocycles. The van der Waals surface area contributed by atoms with Crippen LogP contribution in [-0.2, 0) is 10.0 Å². The van der Waals surface area contributed by atoms with E-state index in [1.54, 1.807) is 0 Å². The number of anilines is 1. The molecule has 118 valence electrons. The van der Waals surface area contributed by atoms with Crippen LogP contribution in [0.3, 0.4) is 0 Å². The normalized spacial score (nSPS) is 20.0. The molecule has 1 aliphatic heterocycles. The highest BCUT2D eigenvalue weighted by Crippen LogP contribution is 2.21. The summed E-state index contributed by atoms with van der Waals surface area (Å²) in [5.41, 5.74) is 5.58. The highest BCUT2D eigenvalue weighted by Gasteiger charge is 2.24. The van der Waals surface area contributed by atoms with E-state index < -0.39 is 15.8 Å². The molecule has 1 heterocycles. The number of likely N-dealkylation sites (tertiary alicyclic amines) is 1. The fourth-order valence-corrected chi connectivity index (χ4v) is 3.83. The molecule has 0 spiro atoms. The monoisotopic (exact) mass is 315 g/mol. The molecule has 0 aromatic heterocycles. The van der Waals surface area contributed by atoms with Gasteiger partial charge in [-0.3, -0.25) is 0 Å². The first-order valence-corrected chi connectivity index (χ1v) is 8.59. The van der Waals surface area contributed by atoms with Crippen molar-refractivity contribution in [2.75, 3.05) is 31.9 Å². The summed E-state index contributed by atoms with van der Waals surface area (Å²) < 4.78 is 40.6. The number of nitrogens with one attached hydrogen (secondary N) is 1. The molecule has 21 heavy (non-hydrogen) atoms. The third-order valence-electron chi connectivity index (χ3n) is 3.95. The topological polar surface area (TPSA) is 75.4 Å². The van der Waals surface area contributed by atoms with Crippen molar-refractivity contribution in [2.45, 2.75) is 25.2 Å². The Bertz CT molecular complexity index is 596. The van der Waals surface area contributed by atoms with Gasteiger partial charge in [-0.05, 0) is 50.0 Å². The van der Waals surface area contributed by atoms with E-state index in [1.165, 1.54) is 13.0 Å². The second kappa shape index (κ2) is 6.29. The lowest BCUT2D eigenvalue weighted by Gasteiger charge is -2.14. The predicted molar refractivity (Wildman–Crippen MR) is 81.0 cm³/mol. The van der Waals surface area contributed by atoms with Crippen molar-refractivity contribution in [2.24, 2.45) is 5.92 Å². The zero-order chi connectivity index (χ0) is 15.6. The predicted octanol–water partition coefficient (Wildman–Crippen LogP) is 1.34. The van der Waals surface area contributed by atoms with Crippen molar-refractivity contribution < 1.29 is 12.8 Å². The minimum absolute atomic E-state index is 0.0178. The van der Waals surface area contributed by atoms with Gasteiger partial charge in [-0.2, -0.15) is 0 Å². The minimum Gasteiger partial charge on any atom is -0.396 e. The van der Waals surface area contributed by atoms with Gasteiger partial charge in [0.05, 0.1) is 10.6 Å². The van der Waals surface area contributed by atoms with Crippen LogP contribution in [0.4, 0.5) is 10.1 Å². The van der Waals surface area contributed by atoms with Crippen molar-refractivity contribution in [1.82, 2.24) is 9.62 Å². The largest absolute Gasteiger partial charge is 0.396 e. The molecule has 3 N–H and O–H groups in total. The Labute approximate surface area is 125 Å². The second-order valence-corrected chi connectivity index (χ2v) is 7.31. The molecule has 1 unspecified atom stereocenters. The van der Waals surface area contributed by atoms with Gasteiger partial charge in [0.15, 0.2) is 0 Å². The van der Waals surface area contributed by atoms with Crippen LogP contribution < -0.4 is 10.5 Å². The molecule has 1 saturated heterocycles. The Morgan fingerprint density at radius 2 is 2.19 bits per heavy atom. The van der Waals surface area contributed by atoms with Gasteiger partial charge in [-0.25, -0.2) is 17.5 Å². The molecular formula is C14H22FN3O2S. The van der Waals surface area contributed by atoms with Crippen molar-refractivity contribution in [3.05, 3.63) is 23.5 Å². The molecule has 0 bridgehead atoms. The standard InChI is InChI=1S/C14H22FN3O2S/c1-3-18-5-4-11(9-18)8-17-21(19,20)12-6-10(2)14(15)13(16)7-12/h6-7,11,17H,3-5,8-9,16H2,1-2H3. The molecule has 2 rings (SSSR count). The van der Waals surface area contributed by atoms with Gasteiger partial charge in [0.1, 0.15) is 5.82 Å². The zero-order valence-corrected chi connectivity index (χ0v) is 13.2. The highest BCUT2D eigenvalue weighted by atomic mass is 32.2. The van der Waals surface area contributed by atoms with E-state index >= 15 is 0 Å². The zero-order valence-electron chi connectivity index (χ0n) is 12.4. The van der Waals surface area contributed by atoms with E-state index in [0.29, 0.717) is 12.5 Å². The van der Waals surface area contributed by atoms with Gasteiger partial charge in [-0.1, -0.05) is 6.92 Å². The first-order chi connectivity index (χ1) is 9.83. The minimum atomic E-state index is -3.65. The molecule has 1 aromatic rings. The van der Waals surface area contributed by atoms with Crippen LogP contribution >= 0.6 is 0 Å². The molecular weight excluding hydrogens is 293 g/mol. The van der Waals surface area contributed by atoms with Crippen molar-refractivity contribution >= 4 is 15.7 Å². The lowest BCUT2D eigenvalue weighted by molar-refractivity contribution is 0.342. The Hall–Kier alpha value is -1.18. The van der Waals surface area contributed by atoms with Crippen LogP contribution in [0, 0.1) is 18.7 Å². The van der Waals surface area contributed by atoms with Crippen LogP contribution in [-0.4, -0.2) is 39.5 Å². The Morgan fingerprint density at radius 1 is 1.48 bits per heavy atom. The number of aryl methyl sites for hydroxylation is 1. The highest BCUT2D eigenvalue weighted by molar-refractivity contribution is 7.89. The summed E-state index contributed by atoms with van der Waals surface area (Å²) in [5.74, 6) is -0.248. The molecule has 0 amide bonds. The van der Waals surface area contributed by atoms with E-state index in [9.17, 15) is 12.8 Å².